The number of hydrogen-bond acceptors (Lipinski definition) is 9. The number of hydrogen-bond donors (Lipinski definition) is 2. The molecule has 11 nitrogen and oxygen atoms in total. The van der Waals surface area contributed by atoms with Gasteiger partial charge in [-0.3, -0.25) is 9.36 Å². The summed E-state index contributed by atoms with van der Waals surface area (Å²) >= 11 is 0. The van der Waals surface area contributed by atoms with Gasteiger partial charge in [0.25, 0.3) is 11.6 Å². The zero-order valence-electron chi connectivity index (χ0n) is 21.7. The fourth-order valence-electron chi connectivity index (χ4n) is 5.24. The minimum Gasteiger partial charge on any atom is -0.424 e. The first-order valence-electron chi connectivity index (χ1n) is 12.6. The van der Waals surface area contributed by atoms with Crippen molar-refractivity contribution in [2.75, 3.05) is 11.5 Å². The Balaban J connectivity index is 1.47. The number of oxazole rings is 1. The summed E-state index contributed by atoms with van der Waals surface area (Å²) in [6.07, 6.45) is 3.09. The Hall–Kier alpha value is -5.58. The molecule has 40 heavy (non-hydrogen) atoms. The molecule has 0 fully saturated rings. The average molecular weight is 530 g/mol. The summed E-state index contributed by atoms with van der Waals surface area (Å²) in [6, 6.07) is 17.2. The van der Waals surface area contributed by atoms with Crippen LogP contribution in [0.5, 0.6) is 0 Å². The predicted molar refractivity (Wildman–Crippen MR) is 153 cm³/mol. The Morgan fingerprint density at radius 1 is 0.925 bits per heavy atom. The van der Waals surface area contributed by atoms with Crippen molar-refractivity contribution in [2.24, 2.45) is 0 Å². The lowest BCUT2D eigenvalue weighted by Crippen LogP contribution is -2.25. The number of rotatable bonds is 4. The minimum atomic E-state index is -0.146. The maximum atomic E-state index is 14.0. The van der Waals surface area contributed by atoms with Crippen LogP contribution in [0.4, 0.5) is 11.8 Å². The summed E-state index contributed by atoms with van der Waals surface area (Å²) in [7, 11) is 0. The standard InChI is InChI=1S/C29H23N9O2/c1-15-5-3-7-17-11-19(38(28(39)22(15)17)26-16(2)6-4-10-32-26)13-37-27-23(25(30)33-14-34-27)24(36-37)18-8-9-21-20(12-18)35-29(31)40-21/h3-12,14H,13H2,1-2H3,(H2,31,35)(H2,30,33,34). The lowest BCUT2D eigenvalue weighted by Gasteiger charge is -2.16. The number of nitrogens with zero attached hydrogens (tertiary/aromatic N) is 7. The molecule has 0 bridgehead atoms. The van der Waals surface area contributed by atoms with Crippen LogP contribution in [0.15, 0.2) is 76.3 Å². The molecule has 0 saturated carbocycles. The zero-order chi connectivity index (χ0) is 27.5. The van der Waals surface area contributed by atoms with Crippen LogP contribution in [0.3, 0.4) is 0 Å². The quantitative estimate of drug-likeness (QED) is 0.342. The number of nitrogens with two attached hydrogens (primary N) is 2. The number of anilines is 2. The summed E-state index contributed by atoms with van der Waals surface area (Å²) in [4.78, 5) is 31.6. The van der Waals surface area contributed by atoms with Gasteiger partial charge in [0.15, 0.2) is 11.2 Å². The topological polar surface area (TPSA) is 157 Å². The SMILES string of the molecule is Cc1cccnc1-n1c(Cn2nc(-c3ccc4oc(N)nc4c3)c3c(N)ncnc32)cc2cccc(C)c2c1=O. The maximum absolute atomic E-state index is 14.0. The molecule has 0 saturated heterocycles. The monoisotopic (exact) mass is 529 g/mol. The second-order valence-electron chi connectivity index (χ2n) is 9.66. The van der Waals surface area contributed by atoms with Crippen molar-refractivity contribution in [2.45, 2.75) is 20.4 Å². The molecule has 0 spiro atoms. The third kappa shape index (κ3) is 3.59. The third-order valence-electron chi connectivity index (χ3n) is 7.07. The van der Waals surface area contributed by atoms with E-state index in [0.717, 1.165) is 22.1 Å². The number of aromatic nitrogens is 7. The van der Waals surface area contributed by atoms with Crippen molar-refractivity contribution < 1.29 is 4.42 Å². The zero-order valence-corrected chi connectivity index (χ0v) is 21.7. The van der Waals surface area contributed by atoms with Crippen molar-refractivity contribution >= 4 is 44.7 Å². The van der Waals surface area contributed by atoms with Gasteiger partial charge in [0.2, 0.25) is 0 Å². The van der Waals surface area contributed by atoms with Crippen LogP contribution in [0.25, 0.3) is 50.0 Å². The highest BCUT2D eigenvalue weighted by Gasteiger charge is 2.21. The number of nitrogen functional groups attached to an aromatic ring is 2. The highest BCUT2D eigenvalue weighted by atomic mass is 16.4. The molecule has 0 radical (unpaired) electrons. The Bertz CT molecular complexity index is 2180. The first-order valence-corrected chi connectivity index (χ1v) is 12.6. The molecule has 0 aliphatic rings. The van der Waals surface area contributed by atoms with Gasteiger partial charge in [-0.05, 0) is 60.7 Å². The van der Waals surface area contributed by atoms with Crippen LogP contribution in [-0.4, -0.2) is 34.3 Å². The maximum Gasteiger partial charge on any atom is 0.292 e. The highest BCUT2D eigenvalue weighted by molar-refractivity contribution is 5.99. The molecule has 4 N–H and O–H groups in total. The second-order valence-corrected chi connectivity index (χ2v) is 9.66. The molecular formula is C29H23N9O2. The van der Waals surface area contributed by atoms with Gasteiger partial charge in [-0.15, -0.1) is 0 Å². The Labute approximate surface area is 226 Å². The van der Waals surface area contributed by atoms with E-state index in [1.54, 1.807) is 21.5 Å². The third-order valence-corrected chi connectivity index (χ3v) is 7.07. The van der Waals surface area contributed by atoms with E-state index in [1.807, 2.05) is 62.4 Å². The summed E-state index contributed by atoms with van der Waals surface area (Å²) in [5.41, 5.74) is 17.4. The van der Waals surface area contributed by atoms with Crippen molar-refractivity contribution in [3.05, 3.63) is 94.3 Å². The predicted octanol–water partition coefficient (Wildman–Crippen LogP) is 4.16. The van der Waals surface area contributed by atoms with Crippen LogP contribution in [0.2, 0.25) is 0 Å². The molecular weight excluding hydrogens is 506 g/mol. The lowest BCUT2D eigenvalue weighted by molar-refractivity contribution is 0.626. The second kappa shape index (κ2) is 8.73. The van der Waals surface area contributed by atoms with E-state index >= 15 is 0 Å². The lowest BCUT2D eigenvalue weighted by atomic mass is 10.1. The van der Waals surface area contributed by atoms with Gasteiger partial charge in [0.1, 0.15) is 29.2 Å². The molecule has 0 amide bonds. The van der Waals surface area contributed by atoms with Gasteiger partial charge in [-0.2, -0.15) is 10.1 Å². The molecule has 11 heteroatoms. The molecule has 0 atom stereocenters. The fourth-order valence-corrected chi connectivity index (χ4v) is 5.24. The molecule has 0 aliphatic carbocycles. The largest absolute Gasteiger partial charge is 0.424 e. The van der Waals surface area contributed by atoms with E-state index in [4.69, 9.17) is 21.0 Å². The average Bonchev–Trinajstić information content (AvgIpc) is 3.49. The summed E-state index contributed by atoms with van der Waals surface area (Å²) in [5, 5.41) is 7.00. The van der Waals surface area contributed by atoms with Gasteiger partial charge in [-0.1, -0.05) is 24.3 Å². The fraction of sp³-hybridized carbons (Fsp3) is 0.103. The summed E-state index contributed by atoms with van der Waals surface area (Å²) < 4.78 is 8.82. The molecule has 7 rings (SSSR count). The molecule has 196 valence electrons. The first kappa shape index (κ1) is 23.5. The van der Waals surface area contributed by atoms with Crippen molar-refractivity contribution in [1.29, 1.82) is 0 Å². The van der Waals surface area contributed by atoms with E-state index in [0.29, 0.717) is 44.7 Å². The number of pyridine rings is 2. The van der Waals surface area contributed by atoms with E-state index in [-0.39, 0.29) is 23.9 Å². The normalized spacial score (nSPS) is 11.7. The van der Waals surface area contributed by atoms with Crippen LogP contribution >= 0.6 is 0 Å². The van der Waals surface area contributed by atoms with Crippen molar-refractivity contribution in [3.63, 3.8) is 0 Å². The number of benzene rings is 2. The number of aryl methyl sites for hydroxylation is 2. The summed E-state index contributed by atoms with van der Waals surface area (Å²) in [6.45, 7) is 4.09. The Morgan fingerprint density at radius 3 is 2.62 bits per heavy atom. The Kier molecular flexibility index (Phi) is 5.14. The van der Waals surface area contributed by atoms with Crippen LogP contribution in [0.1, 0.15) is 16.8 Å². The molecule has 0 unspecified atom stereocenters. The van der Waals surface area contributed by atoms with Crippen LogP contribution in [0, 0.1) is 13.8 Å². The molecule has 2 aromatic carbocycles. The first-order chi connectivity index (χ1) is 19.4. The van der Waals surface area contributed by atoms with E-state index in [1.165, 1.54) is 6.33 Å². The number of fused-ring (bicyclic) bond motifs is 3. The van der Waals surface area contributed by atoms with Gasteiger partial charge in [-0.25, -0.2) is 19.6 Å². The minimum absolute atomic E-state index is 0.0831. The Morgan fingerprint density at radius 2 is 1.77 bits per heavy atom. The molecule has 7 aromatic rings. The van der Waals surface area contributed by atoms with E-state index < -0.39 is 0 Å². The van der Waals surface area contributed by atoms with Gasteiger partial charge in [0, 0.05) is 11.8 Å². The van der Waals surface area contributed by atoms with Crippen LogP contribution < -0.4 is 17.0 Å². The summed E-state index contributed by atoms with van der Waals surface area (Å²) in [5.74, 6) is 0.852. The van der Waals surface area contributed by atoms with Crippen molar-refractivity contribution in [1.82, 2.24) is 34.3 Å². The van der Waals surface area contributed by atoms with Gasteiger partial charge < -0.3 is 15.9 Å². The van der Waals surface area contributed by atoms with Gasteiger partial charge >= 0.3 is 0 Å². The highest BCUT2D eigenvalue weighted by Crippen LogP contribution is 2.33. The molecule has 5 aromatic heterocycles. The van der Waals surface area contributed by atoms with Gasteiger partial charge in [0.05, 0.1) is 23.0 Å². The van der Waals surface area contributed by atoms with E-state index in [9.17, 15) is 4.79 Å². The smallest absolute Gasteiger partial charge is 0.292 e. The van der Waals surface area contributed by atoms with Crippen LogP contribution in [-0.2, 0) is 6.54 Å². The van der Waals surface area contributed by atoms with Crippen molar-refractivity contribution in [3.8, 4) is 17.1 Å². The molecule has 0 aliphatic heterocycles. The van der Waals surface area contributed by atoms with E-state index in [2.05, 4.69) is 19.9 Å². The molecule has 5 heterocycles.